The lowest BCUT2D eigenvalue weighted by Crippen LogP contribution is -2.32. The fraction of sp³-hybridized carbons (Fsp3) is 0.412. The highest BCUT2D eigenvalue weighted by molar-refractivity contribution is 5.64. The van der Waals surface area contributed by atoms with Crippen LogP contribution in [0.3, 0.4) is 0 Å². The normalized spacial score (nSPS) is 24.7. The maximum absolute atomic E-state index is 5.95. The van der Waals surface area contributed by atoms with Crippen LogP contribution in [-0.2, 0) is 0 Å². The van der Waals surface area contributed by atoms with Gasteiger partial charge >= 0.3 is 0 Å². The first kappa shape index (κ1) is 13.5. The number of hydrogen-bond donors (Lipinski definition) is 1. The number of fused-ring (bicyclic) bond motifs is 1. The maximum atomic E-state index is 5.95. The van der Waals surface area contributed by atoms with Gasteiger partial charge in [0.1, 0.15) is 5.82 Å². The molecule has 0 radical (unpaired) electrons. The van der Waals surface area contributed by atoms with Gasteiger partial charge in [0.25, 0.3) is 0 Å². The first-order valence-electron chi connectivity index (χ1n) is 7.86. The molecule has 0 saturated carbocycles. The average Bonchev–Trinajstić information content (AvgIpc) is 3.10. The van der Waals surface area contributed by atoms with Crippen LogP contribution in [0.25, 0.3) is 11.3 Å². The highest BCUT2D eigenvalue weighted by atomic mass is 15.3. The van der Waals surface area contributed by atoms with Crippen molar-refractivity contribution in [3.63, 3.8) is 0 Å². The van der Waals surface area contributed by atoms with E-state index in [4.69, 9.17) is 5.73 Å². The molecular weight excluding hydrogens is 274 g/mol. The van der Waals surface area contributed by atoms with Crippen molar-refractivity contribution in [2.45, 2.75) is 12.5 Å². The number of benzene rings is 1. The quantitative estimate of drug-likeness (QED) is 0.916. The molecule has 0 aliphatic carbocycles. The van der Waals surface area contributed by atoms with Crippen LogP contribution in [-0.4, -0.2) is 47.6 Å². The third-order valence-electron chi connectivity index (χ3n) is 4.95. The predicted octanol–water partition coefficient (Wildman–Crippen LogP) is 1.87. The summed E-state index contributed by atoms with van der Waals surface area (Å²) in [4.78, 5) is 13.7. The zero-order valence-electron chi connectivity index (χ0n) is 12.8. The second-order valence-corrected chi connectivity index (χ2v) is 6.34. The minimum absolute atomic E-state index is 0.349. The van der Waals surface area contributed by atoms with Crippen molar-refractivity contribution < 1.29 is 0 Å². The molecule has 2 aliphatic heterocycles. The molecule has 2 unspecified atom stereocenters. The van der Waals surface area contributed by atoms with E-state index in [2.05, 4.69) is 45.0 Å². The van der Waals surface area contributed by atoms with Crippen molar-refractivity contribution in [2.75, 3.05) is 37.3 Å². The van der Waals surface area contributed by atoms with Gasteiger partial charge in [0.05, 0.1) is 5.69 Å². The van der Waals surface area contributed by atoms with E-state index >= 15 is 0 Å². The van der Waals surface area contributed by atoms with Crippen LogP contribution in [0.15, 0.2) is 36.4 Å². The summed E-state index contributed by atoms with van der Waals surface area (Å²) in [7, 11) is 2.22. The zero-order valence-corrected chi connectivity index (χ0v) is 12.8. The van der Waals surface area contributed by atoms with Crippen LogP contribution in [0.5, 0.6) is 0 Å². The lowest BCUT2D eigenvalue weighted by molar-refractivity contribution is 0.310. The van der Waals surface area contributed by atoms with Crippen LogP contribution in [0.2, 0.25) is 0 Å². The molecule has 5 nitrogen and oxygen atoms in total. The number of rotatable bonds is 2. The minimum atomic E-state index is 0.349. The predicted molar refractivity (Wildman–Crippen MR) is 88.6 cm³/mol. The van der Waals surface area contributed by atoms with Crippen LogP contribution in [0.4, 0.5) is 11.8 Å². The number of likely N-dealkylation sites (N-methyl/N-ethyl adjacent to an activating group) is 1. The molecular formula is C17H21N5. The first-order chi connectivity index (χ1) is 10.7. The topological polar surface area (TPSA) is 58.3 Å². The molecule has 22 heavy (non-hydrogen) atoms. The lowest BCUT2D eigenvalue weighted by Gasteiger charge is -2.22. The van der Waals surface area contributed by atoms with Crippen LogP contribution < -0.4 is 10.6 Å². The van der Waals surface area contributed by atoms with Crippen LogP contribution in [0, 0.1) is 5.92 Å². The Hall–Kier alpha value is -2.14. The standard InChI is InChI=1S/C17H21N5/c1-21-8-7-13-10-22(11-15(13)21)16-9-14(19-17(18)20-16)12-5-3-2-4-6-12/h2-6,9,13,15H,7-8,10-11H2,1H3,(H2,18,19,20). The fourth-order valence-corrected chi connectivity index (χ4v) is 3.73. The maximum Gasteiger partial charge on any atom is 0.222 e. The summed E-state index contributed by atoms with van der Waals surface area (Å²) in [6.07, 6.45) is 1.28. The smallest absolute Gasteiger partial charge is 0.222 e. The Bertz CT molecular complexity index is 672. The Morgan fingerprint density at radius 3 is 2.73 bits per heavy atom. The van der Waals surface area contributed by atoms with Gasteiger partial charge in [-0.05, 0) is 25.9 Å². The molecule has 2 aliphatic rings. The summed E-state index contributed by atoms with van der Waals surface area (Å²) in [5.74, 6) is 2.05. The van der Waals surface area contributed by atoms with E-state index in [1.54, 1.807) is 0 Å². The fourth-order valence-electron chi connectivity index (χ4n) is 3.73. The Morgan fingerprint density at radius 1 is 1.14 bits per heavy atom. The van der Waals surface area contributed by atoms with Crippen molar-refractivity contribution in [1.29, 1.82) is 0 Å². The summed E-state index contributed by atoms with van der Waals surface area (Å²) in [6.45, 7) is 3.32. The monoisotopic (exact) mass is 295 g/mol. The van der Waals surface area contributed by atoms with E-state index in [-0.39, 0.29) is 0 Å². The largest absolute Gasteiger partial charge is 0.368 e. The molecule has 114 valence electrons. The molecule has 1 aromatic carbocycles. The Morgan fingerprint density at radius 2 is 1.95 bits per heavy atom. The lowest BCUT2D eigenvalue weighted by atomic mass is 10.1. The number of nitrogens with two attached hydrogens (primary N) is 1. The van der Waals surface area contributed by atoms with Crippen molar-refractivity contribution in [3.8, 4) is 11.3 Å². The van der Waals surface area contributed by atoms with Crippen molar-refractivity contribution in [2.24, 2.45) is 5.92 Å². The third kappa shape index (κ3) is 2.31. The Labute approximate surface area is 130 Å². The molecule has 2 atom stereocenters. The molecule has 3 heterocycles. The molecule has 1 aromatic heterocycles. The highest BCUT2D eigenvalue weighted by Crippen LogP contribution is 2.33. The molecule has 2 N–H and O–H groups in total. The van der Waals surface area contributed by atoms with E-state index < -0.39 is 0 Å². The van der Waals surface area contributed by atoms with E-state index in [0.29, 0.717) is 12.0 Å². The average molecular weight is 295 g/mol. The molecule has 2 fully saturated rings. The molecule has 0 bridgehead atoms. The van der Waals surface area contributed by atoms with Gasteiger partial charge in [0, 0.05) is 30.8 Å². The van der Waals surface area contributed by atoms with Gasteiger partial charge in [0.15, 0.2) is 0 Å². The van der Waals surface area contributed by atoms with E-state index in [9.17, 15) is 0 Å². The summed E-state index contributed by atoms with van der Waals surface area (Å²) in [5, 5.41) is 0. The van der Waals surface area contributed by atoms with Crippen LogP contribution in [0.1, 0.15) is 6.42 Å². The summed E-state index contributed by atoms with van der Waals surface area (Å²) < 4.78 is 0. The van der Waals surface area contributed by atoms with E-state index in [1.165, 1.54) is 13.0 Å². The van der Waals surface area contributed by atoms with Gasteiger partial charge in [-0.3, -0.25) is 0 Å². The summed E-state index contributed by atoms with van der Waals surface area (Å²) in [5.41, 5.74) is 7.92. The van der Waals surface area contributed by atoms with Gasteiger partial charge in [-0.2, -0.15) is 4.98 Å². The molecule has 2 saturated heterocycles. The Balaban J connectivity index is 1.64. The molecule has 4 rings (SSSR count). The molecule has 2 aromatic rings. The van der Waals surface area contributed by atoms with Gasteiger partial charge in [-0.25, -0.2) is 4.98 Å². The SMILES string of the molecule is CN1CCC2CN(c3cc(-c4ccccc4)nc(N)n3)CC21. The van der Waals surface area contributed by atoms with E-state index in [0.717, 1.165) is 36.1 Å². The first-order valence-corrected chi connectivity index (χ1v) is 7.86. The summed E-state index contributed by atoms with van der Waals surface area (Å²) in [6, 6.07) is 12.9. The second-order valence-electron chi connectivity index (χ2n) is 6.34. The van der Waals surface area contributed by atoms with Gasteiger partial charge in [-0.1, -0.05) is 30.3 Å². The third-order valence-corrected chi connectivity index (χ3v) is 4.95. The molecule has 0 amide bonds. The van der Waals surface area contributed by atoms with Crippen molar-refractivity contribution >= 4 is 11.8 Å². The van der Waals surface area contributed by atoms with Crippen molar-refractivity contribution in [3.05, 3.63) is 36.4 Å². The van der Waals surface area contributed by atoms with Crippen molar-refractivity contribution in [1.82, 2.24) is 14.9 Å². The summed E-state index contributed by atoms with van der Waals surface area (Å²) >= 11 is 0. The van der Waals surface area contributed by atoms with Crippen LogP contribution >= 0.6 is 0 Å². The number of anilines is 2. The number of nitrogens with zero attached hydrogens (tertiary/aromatic N) is 4. The second kappa shape index (κ2) is 5.25. The molecule has 5 heteroatoms. The Kier molecular flexibility index (Phi) is 3.22. The number of nitrogen functional groups attached to an aromatic ring is 1. The number of aromatic nitrogens is 2. The zero-order chi connectivity index (χ0) is 15.1. The number of likely N-dealkylation sites (tertiary alicyclic amines) is 1. The number of hydrogen-bond acceptors (Lipinski definition) is 5. The highest BCUT2D eigenvalue weighted by Gasteiger charge is 2.40. The van der Waals surface area contributed by atoms with Gasteiger partial charge in [-0.15, -0.1) is 0 Å². The van der Waals surface area contributed by atoms with Gasteiger partial charge < -0.3 is 15.5 Å². The van der Waals surface area contributed by atoms with Gasteiger partial charge in [0.2, 0.25) is 5.95 Å². The molecule has 0 spiro atoms. The minimum Gasteiger partial charge on any atom is -0.368 e. The van der Waals surface area contributed by atoms with E-state index in [1.807, 2.05) is 18.2 Å².